The Morgan fingerprint density at radius 2 is 2.15 bits per heavy atom. The van der Waals surface area contributed by atoms with Gasteiger partial charge in [-0.3, -0.25) is 4.90 Å². The molecule has 1 aliphatic heterocycles. The zero-order valence-corrected chi connectivity index (χ0v) is 13.6. The molecule has 0 radical (unpaired) electrons. The van der Waals surface area contributed by atoms with Gasteiger partial charge in [0.2, 0.25) is 0 Å². The molecule has 2 N–H and O–H groups in total. The minimum absolute atomic E-state index is 0.0892. The summed E-state index contributed by atoms with van der Waals surface area (Å²) < 4.78 is 5.71. The van der Waals surface area contributed by atoms with E-state index in [1.54, 1.807) is 0 Å². The highest BCUT2D eigenvalue weighted by atomic mass is 16.5. The van der Waals surface area contributed by atoms with Gasteiger partial charge in [0.05, 0.1) is 12.7 Å². The normalized spacial score (nSPS) is 38.9. The third kappa shape index (κ3) is 3.53. The van der Waals surface area contributed by atoms with Crippen LogP contribution < -0.4 is 5.32 Å². The van der Waals surface area contributed by atoms with Gasteiger partial charge in [-0.1, -0.05) is 13.8 Å². The first-order valence-electron chi connectivity index (χ1n) is 8.19. The van der Waals surface area contributed by atoms with Gasteiger partial charge in [0.15, 0.2) is 0 Å². The van der Waals surface area contributed by atoms with E-state index in [4.69, 9.17) is 4.74 Å². The van der Waals surface area contributed by atoms with Crippen molar-refractivity contribution in [3.63, 3.8) is 0 Å². The Hall–Kier alpha value is -0.160. The summed E-state index contributed by atoms with van der Waals surface area (Å²) >= 11 is 0. The van der Waals surface area contributed by atoms with Gasteiger partial charge in [-0.15, -0.1) is 0 Å². The summed E-state index contributed by atoms with van der Waals surface area (Å²) in [6, 6.07) is 1.50. The summed E-state index contributed by atoms with van der Waals surface area (Å²) in [7, 11) is 2.24. The Balaban J connectivity index is 2.01. The zero-order valence-electron chi connectivity index (χ0n) is 13.6. The molecule has 4 atom stereocenters. The molecule has 0 aromatic heterocycles. The monoisotopic (exact) mass is 284 g/mol. The number of aliphatic hydroxyl groups is 1. The van der Waals surface area contributed by atoms with Gasteiger partial charge in [-0.05, 0) is 46.1 Å². The van der Waals surface area contributed by atoms with Crippen LogP contribution in [0.3, 0.4) is 0 Å². The maximum absolute atomic E-state index is 9.90. The van der Waals surface area contributed by atoms with Gasteiger partial charge in [0.1, 0.15) is 0 Å². The number of ether oxygens (including phenoxy) is 1. The van der Waals surface area contributed by atoms with E-state index in [9.17, 15) is 5.11 Å². The molecule has 1 saturated heterocycles. The van der Waals surface area contributed by atoms with Crippen LogP contribution in [-0.4, -0.2) is 60.0 Å². The Kier molecular flexibility index (Phi) is 5.46. The lowest BCUT2D eigenvalue weighted by molar-refractivity contribution is 0.0249. The van der Waals surface area contributed by atoms with Crippen LogP contribution >= 0.6 is 0 Å². The molecule has 1 aliphatic carbocycles. The van der Waals surface area contributed by atoms with Crippen molar-refractivity contribution in [3.05, 3.63) is 0 Å². The summed E-state index contributed by atoms with van der Waals surface area (Å²) in [5.74, 6) is 0. The average Bonchev–Trinajstić information content (AvgIpc) is 2.83. The van der Waals surface area contributed by atoms with Crippen molar-refractivity contribution >= 4 is 0 Å². The highest BCUT2D eigenvalue weighted by Crippen LogP contribution is 2.33. The van der Waals surface area contributed by atoms with E-state index in [-0.39, 0.29) is 12.1 Å². The average molecular weight is 284 g/mol. The Morgan fingerprint density at radius 3 is 2.70 bits per heavy atom. The van der Waals surface area contributed by atoms with E-state index >= 15 is 0 Å². The predicted molar refractivity (Wildman–Crippen MR) is 81.9 cm³/mol. The predicted octanol–water partition coefficient (Wildman–Crippen LogP) is 1.77. The maximum Gasteiger partial charge on any atom is 0.0703 e. The second-order valence-electron chi connectivity index (χ2n) is 7.09. The largest absolute Gasteiger partial charge is 0.394 e. The lowest BCUT2D eigenvalue weighted by Crippen LogP contribution is -2.58. The van der Waals surface area contributed by atoms with Crippen molar-refractivity contribution in [2.24, 2.45) is 0 Å². The molecule has 0 aromatic carbocycles. The fraction of sp³-hybridized carbons (Fsp3) is 1.00. The number of nitrogens with zero attached hydrogens (tertiary/aromatic N) is 1. The second kappa shape index (κ2) is 6.73. The third-order valence-electron chi connectivity index (χ3n) is 5.15. The molecule has 1 saturated carbocycles. The molecule has 20 heavy (non-hydrogen) atoms. The van der Waals surface area contributed by atoms with Crippen LogP contribution in [0.5, 0.6) is 0 Å². The highest BCUT2D eigenvalue weighted by molar-refractivity contribution is 4.98. The first-order chi connectivity index (χ1) is 9.47. The molecule has 1 heterocycles. The van der Waals surface area contributed by atoms with E-state index < -0.39 is 0 Å². The van der Waals surface area contributed by atoms with E-state index in [2.05, 4.69) is 38.0 Å². The van der Waals surface area contributed by atoms with Crippen molar-refractivity contribution in [2.45, 2.75) is 82.6 Å². The summed E-state index contributed by atoms with van der Waals surface area (Å²) in [4.78, 5) is 2.52. The summed E-state index contributed by atoms with van der Waals surface area (Å²) in [5, 5.41) is 13.5. The van der Waals surface area contributed by atoms with Crippen molar-refractivity contribution in [1.82, 2.24) is 10.2 Å². The smallest absolute Gasteiger partial charge is 0.0703 e. The lowest BCUT2D eigenvalue weighted by atomic mass is 9.78. The van der Waals surface area contributed by atoms with Gasteiger partial charge in [-0.25, -0.2) is 0 Å². The van der Waals surface area contributed by atoms with E-state index in [0.29, 0.717) is 24.2 Å². The van der Waals surface area contributed by atoms with E-state index in [1.165, 1.54) is 12.8 Å². The van der Waals surface area contributed by atoms with Gasteiger partial charge in [0.25, 0.3) is 0 Å². The van der Waals surface area contributed by atoms with E-state index in [0.717, 1.165) is 25.9 Å². The molecular formula is C16H32N2O2. The molecule has 2 fully saturated rings. The van der Waals surface area contributed by atoms with Gasteiger partial charge in [-0.2, -0.15) is 0 Å². The summed E-state index contributed by atoms with van der Waals surface area (Å²) in [6.07, 6.45) is 6.03. The SMILES string of the molecule is CC(C)NC1(CO)CCCC(N(C)C2CCOC2C)C1. The zero-order chi connectivity index (χ0) is 14.8. The Labute approximate surface area is 123 Å². The molecule has 2 rings (SSSR count). The Morgan fingerprint density at radius 1 is 1.40 bits per heavy atom. The molecule has 4 nitrogen and oxygen atoms in total. The van der Waals surface area contributed by atoms with Gasteiger partial charge >= 0.3 is 0 Å². The number of hydrogen-bond acceptors (Lipinski definition) is 4. The fourth-order valence-electron chi connectivity index (χ4n) is 4.14. The van der Waals surface area contributed by atoms with Crippen LogP contribution in [0.2, 0.25) is 0 Å². The van der Waals surface area contributed by atoms with Crippen LogP contribution in [0.15, 0.2) is 0 Å². The fourth-order valence-corrected chi connectivity index (χ4v) is 4.14. The van der Waals surface area contributed by atoms with Crippen LogP contribution in [0.1, 0.15) is 52.9 Å². The standard InChI is InChI=1S/C16H32N2O2/c1-12(2)17-16(11-19)8-5-6-14(10-16)18(4)15-7-9-20-13(15)3/h12-15,17,19H,5-11H2,1-4H3. The molecule has 118 valence electrons. The Bertz CT molecular complexity index is 311. The molecular weight excluding hydrogens is 252 g/mol. The first kappa shape index (κ1) is 16.2. The summed E-state index contributed by atoms with van der Waals surface area (Å²) in [6.45, 7) is 7.64. The summed E-state index contributed by atoms with van der Waals surface area (Å²) in [5.41, 5.74) is -0.0892. The molecule has 0 spiro atoms. The van der Waals surface area contributed by atoms with Crippen LogP contribution in [0, 0.1) is 0 Å². The number of likely N-dealkylation sites (N-methyl/N-ethyl adjacent to an activating group) is 1. The van der Waals surface area contributed by atoms with Crippen molar-refractivity contribution < 1.29 is 9.84 Å². The molecule has 2 aliphatic rings. The van der Waals surface area contributed by atoms with E-state index in [1.807, 2.05) is 0 Å². The number of aliphatic hydroxyl groups excluding tert-OH is 1. The van der Waals surface area contributed by atoms with Gasteiger partial charge in [0, 0.05) is 30.3 Å². The lowest BCUT2D eigenvalue weighted by Gasteiger charge is -2.46. The first-order valence-corrected chi connectivity index (χ1v) is 8.19. The van der Waals surface area contributed by atoms with Crippen LogP contribution in [0.4, 0.5) is 0 Å². The van der Waals surface area contributed by atoms with Crippen LogP contribution in [-0.2, 0) is 4.74 Å². The maximum atomic E-state index is 9.90. The number of rotatable bonds is 5. The molecule has 0 amide bonds. The number of nitrogens with one attached hydrogen (secondary N) is 1. The molecule has 0 aromatic rings. The molecule has 0 bridgehead atoms. The van der Waals surface area contributed by atoms with Gasteiger partial charge < -0.3 is 15.2 Å². The molecule has 4 unspecified atom stereocenters. The highest BCUT2D eigenvalue weighted by Gasteiger charge is 2.40. The van der Waals surface area contributed by atoms with Crippen molar-refractivity contribution in [1.29, 1.82) is 0 Å². The molecule has 4 heteroatoms. The van der Waals surface area contributed by atoms with Crippen molar-refractivity contribution in [2.75, 3.05) is 20.3 Å². The number of hydrogen-bond donors (Lipinski definition) is 2. The minimum Gasteiger partial charge on any atom is -0.394 e. The van der Waals surface area contributed by atoms with Crippen molar-refractivity contribution in [3.8, 4) is 0 Å². The second-order valence-corrected chi connectivity index (χ2v) is 7.09. The quantitative estimate of drug-likeness (QED) is 0.807. The van der Waals surface area contributed by atoms with Crippen LogP contribution in [0.25, 0.3) is 0 Å². The third-order valence-corrected chi connectivity index (χ3v) is 5.15. The topological polar surface area (TPSA) is 44.7 Å². The minimum atomic E-state index is -0.0892.